The van der Waals surface area contributed by atoms with Crippen molar-refractivity contribution in [2.75, 3.05) is 25.0 Å². The molecule has 0 saturated heterocycles. The fourth-order valence-corrected chi connectivity index (χ4v) is 4.79. The molecule has 1 aromatic heterocycles. The first-order chi connectivity index (χ1) is 13.9. The van der Waals surface area contributed by atoms with E-state index in [0.717, 1.165) is 43.2 Å². The Labute approximate surface area is 187 Å². The molecule has 29 heavy (non-hydrogen) atoms. The molecular formula is C23H26Cl3N3. The van der Waals surface area contributed by atoms with Gasteiger partial charge >= 0.3 is 0 Å². The highest BCUT2D eigenvalue weighted by atomic mass is 35.5. The Hall–Kier alpha value is -1.39. The SMILES string of the molecule is CC(C)CC1c2[nH]c3ccc(Cl)cc3c2CCN1CCNc1ccc(Cl)c(Cl)c1. The summed E-state index contributed by atoms with van der Waals surface area (Å²) in [6, 6.07) is 12.2. The summed E-state index contributed by atoms with van der Waals surface area (Å²) >= 11 is 18.4. The quantitative estimate of drug-likeness (QED) is 0.416. The van der Waals surface area contributed by atoms with Crippen LogP contribution in [0.5, 0.6) is 0 Å². The molecule has 1 aliphatic heterocycles. The number of fused-ring (bicyclic) bond motifs is 3. The number of nitrogens with zero attached hydrogens (tertiary/aromatic N) is 1. The van der Waals surface area contributed by atoms with Crippen molar-refractivity contribution in [3.05, 3.63) is 62.7 Å². The lowest BCUT2D eigenvalue weighted by Gasteiger charge is -2.37. The fourth-order valence-electron chi connectivity index (χ4n) is 4.32. The summed E-state index contributed by atoms with van der Waals surface area (Å²) in [5, 5.41) is 6.71. The second-order valence-electron chi connectivity index (χ2n) is 8.19. The van der Waals surface area contributed by atoms with Crippen LogP contribution in [0.1, 0.15) is 37.6 Å². The van der Waals surface area contributed by atoms with Gasteiger partial charge in [-0.25, -0.2) is 0 Å². The minimum absolute atomic E-state index is 0.389. The Morgan fingerprint density at radius 1 is 1.10 bits per heavy atom. The molecule has 0 bridgehead atoms. The summed E-state index contributed by atoms with van der Waals surface area (Å²) in [6.07, 6.45) is 2.16. The minimum atomic E-state index is 0.389. The number of aromatic nitrogens is 1. The van der Waals surface area contributed by atoms with Crippen LogP contribution in [0.3, 0.4) is 0 Å². The zero-order valence-electron chi connectivity index (χ0n) is 16.7. The molecule has 154 valence electrons. The zero-order chi connectivity index (χ0) is 20.5. The smallest absolute Gasteiger partial charge is 0.0612 e. The van der Waals surface area contributed by atoms with Crippen LogP contribution in [0.15, 0.2) is 36.4 Å². The molecular weight excluding hydrogens is 425 g/mol. The van der Waals surface area contributed by atoms with Gasteiger partial charge in [0.25, 0.3) is 0 Å². The van der Waals surface area contributed by atoms with Gasteiger partial charge in [-0.1, -0.05) is 48.7 Å². The molecule has 0 saturated carbocycles. The minimum Gasteiger partial charge on any atom is -0.384 e. The molecule has 6 heteroatoms. The van der Waals surface area contributed by atoms with Crippen molar-refractivity contribution in [3.63, 3.8) is 0 Å². The molecule has 0 radical (unpaired) electrons. The highest BCUT2D eigenvalue weighted by molar-refractivity contribution is 6.42. The van der Waals surface area contributed by atoms with Gasteiger partial charge in [0, 0.05) is 46.9 Å². The van der Waals surface area contributed by atoms with E-state index in [-0.39, 0.29) is 0 Å². The Kier molecular flexibility index (Phi) is 6.31. The van der Waals surface area contributed by atoms with Crippen molar-refractivity contribution in [2.24, 2.45) is 5.92 Å². The molecule has 2 heterocycles. The first kappa shape index (κ1) is 20.9. The van der Waals surface area contributed by atoms with Crippen molar-refractivity contribution < 1.29 is 0 Å². The Balaban J connectivity index is 1.52. The molecule has 0 amide bonds. The molecule has 1 aliphatic rings. The zero-order valence-corrected chi connectivity index (χ0v) is 19.0. The standard InChI is InChI=1S/C23H26Cl3N3/c1-14(2)11-22-23-17(18-12-15(24)3-6-21(18)28-23)7-9-29(22)10-8-27-16-4-5-19(25)20(26)13-16/h3-6,12-14,22,27-28H,7-11H2,1-2H3. The molecule has 0 aliphatic carbocycles. The van der Waals surface area contributed by atoms with E-state index in [1.54, 1.807) is 0 Å². The lowest BCUT2D eigenvalue weighted by atomic mass is 9.91. The number of aromatic amines is 1. The summed E-state index contributed by atoms with van der Waals surface area (Å²) in [4.78, 5) is 6.28. The number of H-pyrrole nitrogens is 1. The number of halogens is 3. The van der Waals surface area contributed by atoms with E-state index in [1.807, 2.05) is 24.3 Å². The van der Waals surface area contributed by atoms with Crippen LogP contribution in [0.4, 0.5) is 5.69 Å². The third-order valence-electron chi connectivity index (χ3n) is 5.67. The van der Waals surface area contributed by atoms with Gasteiger partial charge in [0.05, 0.1) is 16.1 Å². The Morgan fingerprint density at radius 3 is 2.69 bits per heavy atom. The number of anilines is 1. The Bertz CT molecular complexity index is 1010. The van der Waals surface area contributed by atoms with Gasteiger partial charge in [-0.3, -0.25) is 4.90 Å². The van der Waals surface area contributed by atoms with Crippen LogP contribution >= 0.6 is 34.8 Å². The van der Waals surface area contributed by atoms with E-state index in [0.29, 0.717) is 22.0 Å². The fraction of sp³-hybridized carbons (Fsp3) is 0.391. The third kappa shape index (κ3) is 4.54. The van der Waals surface area contributed by atoms with Crippen LogP contribution in [-0.4, -0.2) is 29.5 Å². The normalized spacial score (nSPS) is 17.1. The summed E-state index contributed by atoms with van der Waals surface area (Å²) < 4.78 is 0. The van der Waals surface area contributed by atoms with Crippen molar-refractivity contribution in [1.82, 2.24) is 9.88 Å². The van der Waals surface area contributed by atoms with Crippen molar-refractivity contribution in [2.45, 2.75) is 32.7 Å². The van der Waals surface area contributed by atoms with Gasteiger partial charge in [-0.2, -0.15) is 0 Å². The second kappa shape index (κ2) is 8.77. The summed E-state index contributed by atoms with van der Waals surface area (Å²) in [5.74, 6) is 0.617. The molecule has 2 aromatic carbocycles. The van der Waals surface area contributed by atoms with Crippen LogP contribution in [0.25, 0.3) is 10.9 Å². The molecule has 3 aromatic rings. The molecule has 3 nitrogen and oxygen atoms in total. The lowest BCUT2D eigenvalue weighted by molar-refractivity contribution is 0.166. The predicted octanol–water partition coefficient (Wildman–Crippen LogP) is 7.19. The molecule has 1 atom stereocenters. The molecule has 1 unspecified atom stereocenters. The average Bonchev–Trinajstić information content (AvgIpc) is 3.04. The number of nitrogens with one attached hydrogen (secondary N) is 2. The van der Waals surface area contributed by atoms with Gasteiger partial charge in [0.15, 0.2) is 0 Å². The number of benzene rings is 2. The molecule has 4 rings (SSSR count). The first-order valence-electron chi connectivity index (χ1n) is 10.2. The largest absolute Gasteiger partial charge is 0.384 e. The maximum Gasteiger partial charge on any atom is 0.0612 e. The van der Waals surface area contributed by atoms with E-state index in [9.17, 15) is 0 Å². The van der Waals surface area contributed by atoms with Crippen LogP contribution in [0, 0.1) is 5.92 Å². The van der Waals surface area contributed by atoms with E-state index < -0.39 is 0 Å². The average molecular weight is 451 g/mol. The number of hydrogen-bond donors (Lipinski definition) is 2. The first-order valence-corrected chi connectivity index (χ1v) is 11.3. The maximum absolute atomic E-state index is 6.26. The summed E-state index contributed by atoms with van der Waals surface area (Å²) in [7, 11) is 0. The number of hydrogen-bond acceptors (Lipinski definition) is 2. The van der Waals surface area contributed by atoms with Gasteiger partial charge in [-0.05, 0) is 60.7 Å². The van der Waals surface area contributed by atoms with Gasteiger partial charge in [-0.15, -0.1) is 0 Å². The van der Waals surface area contributed by atoms with Gasteiger partial charge < -0.3 is 10.3 Å². The van der Waals surface area contributed by atoms with Crippen LogP contribution in [0.2, 0.25) is 15.1 Å². The van der Waals surface area contributed by atoms with Crippen molar-refractivity contribution in [1.29, 1.82) is 0 Å². The third-order valence-corrected chi connectivity index (χ3v) is 6.64. The molecule has 2 N–H and O–H groups in total. The van der Waals surface area contributed by atoms with E-state index in [1.165, 1.54) is 22.2 Å². The Morgan fingerprint density at radius 2 is 1.93 bits per heavy atom. The lowest BCUT2D eigenvalue weighted by Crippen LogP contribution is -2.39. The molecule has 0 fully saturated rings. The van der Waals surface area contributed by atoms with Gasteiger partial charge in [0.2, 0.25) is 0 Å². The molecule has 0 spiro atoms. The van der Waals surface area contributed by atoms with Crippen LogP contribution < -0.4 is 5.32 Å². The summed E-state index contributed by atoms with van der Waals surface area (Å²) in [6.45, 7) is 7.45. The predicted molar refractivity (Wildman–Crippen MR) is 126 cm³/mol. The number of rotatable bonds is 6. The maximum atomic E-state index is 6.26. The van der Waals surface area contributed by atoms with E-state index in [4.69, 9.17) is 34.8 Å². The second-order valence-corrected chi connectivity index (χ2v) is 9.44. The van der Waals surface area contributed by atoms with E-state index >= 15 is 0 Å². The van der Waals surface area contributed by atoms with Crippen molar-refractivity contribution in [3.8, 4) is 0 Å². The highest BCUT2D eigenvalue weighted by Crippen LogP contribution is 2.38. The van der Waals surface area contributed by atoms with E-state index in [2.05, 4.69) is 41.2 Å². The van der Waals surface area contributed by atoms with Gasteiger partial charge in [0.1, 0.15) is 0 Å². The van der Waals surface area contributed by atoms with Crippen molar-refractivity contribution >= 4 is 51.4 Å². The monoisotopic (exact) mass is 449 g/mol. The highest BCUT2D eigenvalue weighted by Gasteiger charge is 2.30. The summed E-state index contributed by atoms with van der Waals surface area (Å²) in [5.41, 5.74) is 4.97. The topological polar surface area (TPSA) is 31.1 Å². The van der Waals surface area contributed by atoms with Crippen LogP contribution in [-0.2, 0) is 6.42 Å².